The van der Waals surface area contributed by atoms with Gasteiger partial charge in [-0.05, 0) is 31.4 Å². The van der Waals surface area contributed by atoms with Gasteiger partial charge < -0.3 is 15.5 Å². The number of pyridine rings is 1. The van der Waals surface area contributed by atoms with Crippen LogP contribution in [0.4, 0.5) is 16.3 Å². The van der Waals surface area contributed by atoms with Crippen molar-refractivity contribution in [1.82, 2.24) is 15.2 Å². The Balaban J connectivity index is 1.46. The lowest BCUT2D eigenvalue weighted by atomic mass is 9.98. The van der Waals surface area contributed by atoms with E-state index in [2.05, 4.69) is 15.6 Å². The average molecular weight is 359 g/mol. The fourth-order valence-corrected chi connectivity index (χ4v) is 3.54. The lowest BCUT2D eigenvalue weighted by Gasteiger charge is -2.19. The second kappa shape index (κ2) is 7.31. The van der Waals surface area contributed by atoms with E-state index in [0.717, 1.165) is 18.7 Å². The number of carbonyl (C=O) groups is 3. The largest absolute Gasteiger partial charge is 0.363 e. The van der Waals surface area contributed by atoms with Gasteiger partial charge in [0, 0.05) is 27.1 Å². The fraction of sp³-hybridized carbons (Fsp3) is 0.556. The van der Waals surface area contributed by atoms with Crippen LogP contribution in [0.5, 0.6) is 0 Å². The molecule has 1 aliphatic carbocycles. The summed E-state index contributed by atoms with van der Waals surface area (Å²) in [5.74, 6) is 0.512. The van der Waals surface area contributed by atoms with Crippen molar-refractivity contribution in [2.45, 2.75) is 44.1 Å². The minimum Gasteiger partial charge on any atom is -0.363 e. The molecule has 1 aromatic rings. The Morgan fingerprint density at radius 3 is 2.65 bits per heavy atom. The van der Waals surface area contributed by atoms with Gasteiger partial charge in [0.15, 0.2) is 0 Å². The number of urea groups is 1. The van der Waals surface area contributed by atoms with Crippen molar-refractivity contribution < 1.29 is 14.4 Å². The number of carbonyl (C=O) groups excluding carboxylic acids is 3. The number of nitrogens with zero attached hydrogens (tertiary/aromatic N) is 3. The Bertz CT molecular complexity index is 695. The topological polar surface area (TPSA) is 94.6 Å². The molecule has 1 saturated heterocycles. The third-order valence-corrected chi connectivity index (χ3v) is 4.98. The van der Waals surface area contributed by atoms with E-state index in [1.807, 2.05) is 25.1 Å². The number of aromatic nitrogens is 1. The van der Waals surface area contributed by atoms with Gasteiger partial charge in [0.1, 0.15) is 11.4 Å². The highest BCUT2D eigenvalue weighted by Gasteiger charge is 2.51. The van der Waals surface area contributed by atoms with E-state index in [4.69, 9.17) is 0 Å². The molecule has 2 aliphatic rings. The quantitative estimate of drug-likeness (QED) is 0.755. The van der Waals surface area contributed by atoms with Crippen LogP contribution in [0.1, 0.15) is 38.5 Å². The summed E-state index contributed by atoms with van der Waals surface area (Å²) >= 11 is 0. The standard InChI is InChI=1S/C18H25N5O3/c1-22(2)14-8-7-13(12-19-14)20-15(24)6-5-11-23-16(25)18(21-17(23)26)9-3-4-10-18/h7-8,12H,3-6,9-11H2,1-2H3,(H,20,24)(H,21,26). The minimum atomic E-state index is -0.681. The van der Waals surface area contributed by atoms with Gasteiger partial charge in [0.25, 0.3) is 5.91 Å². The predicted molar refractivity (Wildman–Crippen MR) is 97.9 cm³/mol. The second-order valence-corrected chi connectivity index (χ2v) is 7.13. The summed E-state index contributed by atoms with van der Waals surface area (Å²) in [6.07, 6.45) is 5.62. The van der Waals surface area contributed by atoms with Crippen LogP contribution in [-0.2, 0) is 9.59 Å². The first-order valence-electron chi connectivity index (χ1n) is 8.99. The Kier molecular flexibility index (Phi) is 5.11. The normalized spacial score (nSPS) is 18.3. The third kappa shape index (κ3) is 3.63. The summed E-state index contributed by atoms with van der Waals surface area (Å²) in [6, 6.07) is 3.28. The molecule has 0 bridgehead atoms. The molecular weight excluding hydrogens is 334 g/mol. The Morgan fingerprint density at radius 2 is 2.04 bits per heavy atom. The molecule has 8 heteroatoms. The maximum absolute atomic E-state index is 12.5. The van der Waals surface area contributed by atoms with Crippen LogP contribution in [0, 0.1) is 0 Å². The molecule has 2 N–H and O–H groups in total. The average Bonchev–Trinajstić information content (AvgIpc) is 3.16. The van der Waals surface area contributed by atoms with Crippen molar-refractivity contribution in [2.24, 2.45) is 0 Å². The maximum Gasteiger partial charge on any atom is 0.325 e. The summed E-state index contributed by atoms with van der Waals surface area (Å²) < 4.78 is 0. The van der Waals surface area contributed by atoms with Crippen molar-refractivity contribution in [3.05, 3.63) is 18.3 Å². The van der Waals surface area contributed by atoms with Gasteiger partial charge in [-0.25, -0.2) is 9.78 Å². The van der Waals surface area contributed by atoms with E-state index in [9.17, 15) is 14.4 Å². The lowest BCUT2D eigenvalue weighted by molar-refractivity contribution is -0.131. The molecule has 4 amide bonds. The summed E-state index contributed by atoms with van der Waals surface area (Å²) in [4.78, 5) is 44.0. The summed E-state index contributed by atoms with van der Waals surface area (Å²) in [5.41, 5.74) is -0.0559. The minimum absolute atomic E-state index is 0.135. The summed E-state index contributed by atoms with van der Waals surface area (Å²) in [7, 11) is 3.79. The first-order chi connectivity index (χ1) is 12.4. The summed E-state index contributed by atoms with van der Waals surface area (Å²) in [5, 5.41) is 5.63. The number of amides is 4. The first kappa shape index (κ1) is 18.2. The molecule has 8 nitrogen and oxygen atoms in total. The zero-order valence-electron chi connectivity index (χ0n) is 15.2. The van der Waals surface area contributed by atoms with E-state index in [1.54, 1.807) is 12.3 Å². The first-order valence-corrected chi connectivity index (χ1v) is 8.99. The van der Waals surface area contributed by atoms with Gasteiger partial charge in [0.2, 0.25) is 5.91 Å². The van der Waals surface area contributed by atoms with Gasteiger partial charge in [-0.2, -0.15) is 0 Å². The zero-order chi connectivity index (χ0) is 18.7. The van der Waals surface area contributed by atoms with Crippen molar-refractivity contribution in [2.75, 3.05) is 30.9 Å². The van der Waals surface area contributed by atoms with Gasteiger partial charge >= 0.3 is 6.03 Å². The van der Waals surface area contributed by atoms with E-state index in [0.29, 0.717) is 24.9 Å². The van der Waals surface area contributed by atoms with Gasteiger partial charge in [-0.1, -0.05) is 12.8 Å². The van der Waals surface area contributed by atoms with E-state index in [-0.39, 0.29) is 30.8 Å². The van der Waals surface area contributed by atoms with Crippen LogP contribution in [0.15, 0.2) is 18.3 Å². The van der Waals surface area contributed by atoms with Crippen LogP contribution >= 0.6 is 0 Å². The van der Waals surface area contributed by atoms with Crippen LogP contribution in [0.25, 0.3) is 0 Å². The zero-order valence-corrected chi connectivity index (χ0v) is 15.2. The SMILES string of the molecule is CN(C)c1ccc(NC(=O)CCCN2C(=O)NC3(CCCC3)C2=O)cn1. The number of hydrogen-bond acceptors (Lipinski definition) is 5. The predicted octanol–water partition coefficient (Wildman–Crippen LogP) is 1.73. The van der Waals surface area contributed by atoms with Gasteiger partial charge in [-0.3, -0.25) is 14.5 Å². The van der Waals surface area contributed by atoms with Gasteiger partial charge in [-0.15, -0.1) is 0 Å². The number of hydrogen-bond donors (Lipinski definition) is 2. The molecule has 1 aliphatic heterocycles. The second-order valence-electron chi connectivity index (χ2n) is 7.13. The lowest BCUT2D eigenvalue weighted by Crippen LogP contribution is -2.44. The van der Waals surface area contributed by atoms with Crippen LogP contribution in [0.3, 0.4) is 0 Å². The molecule has 0 atom stereocenters. The van der Waals surface area contributed by atoms with Crippen LogP contribution < -0.4 is 15.5 Å². The highest BCUT2D eigenvalue weighted by molar-refractivity contribution is 6.07. The number of imide groups is 1. The van der Waals surface area contributed by atoms with E-state index < -0.39 is 5.54 Å². The third-order valence-electron chi connectivity index (χ3n) is 4.98. The van der Waals surface area contributed by atoms with Crippen molar-refractivity contribution in [1.29, 1.82) is 0 Å². The van der Waals surface area contributed by atoms with E-state index >= 15 is 0 Å². The number of rotatable bonds is 6. The summed E-state index contributed by atoms with van der Waals surface area (Å²) in [6.45, 7) is 0.262. The number of anilines is 2. The molecule has 3 rings (SSSR count). The molecule has 1 spiro atoms. The van der Waals surface area contributed by atoms with Crippen LogP contribution in [0.2, 0.25) is 0 Å². The van der Waals surface area contributed by atoms with Gasteiger partial charge in [0.05, 0.1) is 11.9 Å². The molecule has 0 aromatic carbocycles. The van der Waals surface area contributed by atoms with E-state index in [1.165, 1.54) is 4.90 Å². The molecule has 1 aromatic heterocycles. The van der Waals surface area contributed by atoms with Crippen LogP contribution in [-0.4, -0.2) is 53.9 Å². The fourth-order valence-electron chi connectivity index (χ4n) is 3.54. The number of nitrogens with one attached hydrogen (secondary N) is 2. The monoisotopic (exact) mass is 359 g/mol. The molecule has 0 radical (unpaired) electrons. The van der Waals surface area contributed by atoms with Crippen molar-refractivity contribution >= 4 is 29.4 Å². The van der Waals surface area contributed by atoms with Crippen molar-refractivity contribution in [3.63, 3.8) is 0 Å². The molecule has 2 fully saturated rings. The molecule has 26 heavy (non-hydrogen) atoms. The highest BCUT2D eigenvalue weighted by Crippen LogP contribution is 2.35. The molecule has 140 valence electrons. The molecule has 2 heterocycles. The Hall–Kier alpha value is -2.64. The molecule has 0 unspecified atom stereocenters. The molecule has 1 saturated carbocycles. The van der Waals surface area contributed by atoms with Crippen molar-refractivity contribution in [3.8, 4) is 0 Å². The highest BCUT2D eigenvalue weighted by atomic mass is 16.2. The molecular formula is C18H25N5O3. The smallest absolute Gasteiger partial charge is 0.325 e. The maximum atomic E-state index is 12.5. The Morgan fingerprint density at radius 1 is 1.31 bits per heavy atom. The Labute approximate surface area is 152 Å².